The van der Waals surface area contributed by atoms with E-state index in [9.17, 15) is 19.8 Å². The fourth-order valence-corrected chi connectivity index (χ4v) is 6.07. The molecule has 7 atom stereocenters. The van der Waals surface area contributed by atoms with Crippen molar-refractivity contribution >= 4 is 29.6 Å². The van der Waals surface area contributed by atoms with E-state index >= 15 is 0 Å². The molecule has 1 aromatic heterocycles. The molecule has 2 N–H and O–H groups in total. The summed E-state index contributed by atoms with van der Waals surface area (Å²) in [5, 5.41) is 21.8. The molecule has 0 spiro atoms. The summed E-state index contributed by atoms with van der Waals surface area (Å²) in [5.74, 6) is -0.964. The lowest BCUT2D eigenvalue weighted by molar-refractivity contribution is -0.154. The van der Waals surface area contributed by atoms with Crippen LogP contribution in [0.2, 0.25) is 0 Å². The first kappa shape index (κ1) is 29.9. The molecule has 0 aromatic carbocycles. The van der Waals surface area contributed by atoms with E-state index in [2.05, 4.69) is 11.9 Å². The molecule has 0 amide bonds. The monoisotopic (exact) mass is 531 g/mol. The molecule has 3 rings (SSSR count). The number of nitrogens with zero attached hydrogens (tertiary/aromatic N) is 1. The number of aromatic nitrogens is 1. The second-order valence-corrected chi connectivity index (χ2v) is 13.1. The molecule has 1 aromatic rings. The smallest absolute Gasteiger partial charge is 0.309 e. The second kappa shape index (κ2) is 12.0. The largest absolute Gasteiger partial charge is 0.458 e. The van der Waals surface area contributed by atoms with Crippen LogP contribution in [-0.2, 0) is 14.3 Å². The van der Waals surface area contributed by atoms with Gasteiger partial charge in [-0.05, 0) is 79.9 Å². The minimum absolute atomic E-state index is 0.0199. The van der Waals surface area contributed by atoms with Gasteiger partial charge in [0.1, 0.15) is 11.9 Å². The van der Waals surface area contributed by atoms with E-state index in [0.717, 1.165) is 48.3 Å². The number of ether oxygens (including phenoxy) is 1. The summed E-state index contributed by atoms with van der Waals surface area (Å²) in [6, 6.07) is 3.98. The molecule has 2 fully saturated rings. The van der Waals surface area contributed by atoms with Crippen LogP contribution in [0.1, 0.15) is 85.8 Å². The molecule has 0 bridgehead atoms. The number of esters is 1. The van der Waals surface area contributed by atoms with E-state index in [1.807, 2.05) is 44.5 Å². The number of aliphatic hydroxyl groups is 2. The zero-order valence-corrected chi connectivity index (χ0v) is 24.3. The lowest BCUT2D eigenvalue weighted by Crippen LogP contribution is -2.45. The average molecular weight is 532 g/mol. The predicted octanol–water partition coefficient (Wildman–Crippen LogP) is 5.70. The zero-order chi connectivity index (χ0) is 27.5. The van der Waals surface area contributed by atoms with Crippen molar-refractivity contribution in [2.24, 2.45) is 28.6 Å². The van der Waals surface area contributed by atoms with E-state index in [4.69, 9.17) is 4.74 Å². The highest BCUT2D eigenvalue weighted by atomic mass is 32.2. The number of rotatable bonds is 3. The van der Waals surface area contributed by atoms with Crippen LogP contribution >= 0.6 is 11.8 Å². The van der Waals surface area contributed by atoms with Crippen molar-refractivity contribution in [2.45, 2.75) is 103 Å². The number of hydrogen-bond acceptors (Lipinski definition) is 7. The number of aliphatic hydroxyl groups excluding tert-OH is 2. The quantitative estimate of drug-likeness (QED) is 0.382. The molecule has 7 heteroatoms. The SMILES string of the molecule is CSc1ccc(/C=C(\C)[C@@H]2C[C@@H]3C[C@@]3(C)CCC[C@H](C)[C@H](O)[C@@H](C)C(=O)C(C)(C)[C@@H](O)CC(=O)O2)nc1. The molecule has 6 nitrogen and oxygen atoms in total. The summed E-state index contributed by atoms with van der Waals surface area (Å²) in [6.45, 7) is 11.3. The molecular formula is C30H45NO5S. The standard InChI is InChI=1S/C30H45NO5S/c1-18-9-8-12-30(6)16-21(30)14-24(19(2)13-22-10-11-23(37-7)17-31-22)36-26(33)15-25(32)29(4,5)28(35)20(3)27(18)34/h10-11,13,17-18,20-21,24-25,27,32,34H,8-9,12,14-16H2,1-7H3/b19-13+/t18-,20+,21+,24-,25-,27-,30+/m0/s1. The number of cyclic esters (lactones) is 1. The number of carbonyl (C=O) groups excluding carboxylic acids is 2. The van der Waals surface area contributed by atoms with Gasteiger partial charge < -0.3 is 14.9 Å². The van der Waals surface area contributed by atoms with Crippen LogP contribution in [0, 0.1) is 28.6 Å². The van der Waals surface area contributed by atoms with Crippen molar-refractivity contribution in [3.05, 3.63) is 29.6 Å². The minimum atomic E-state index is -1.21. The van der Waals surface area contributed by atoms with Gasteiger partial charge in [0.2, 0.25) is 0 Å². The number of thioether (sulfide) groups is 1. The van der Waals surface area contributed by atoms with Crippen LogP contribution < -0.4 is 0 Å². The Hall–Kier alpha value is -1.70. The van der Waals surface area contributed by atoms with E-state index in [0.29, 0.717) is 5.92 Å². The van der Waals surface area contributed by atoms with Gasteiger partial charge in [0.25, 0.3) is 0 Å². The van der Waals surface area contributed by atoms with E-state index in [1.54, 1.807) is 32.5 Å². The summed E-state index contributed by atoms with van der Waals surface area (Å²) < 4.78 is 5.98. The van der Waals surface area contributed by atoms with Gasteiger partial charge in [-0.15, -0.1) is 11.8 Å². The van der Waals surface area contributed by atoms with Crippen molar-refractivity contribution < 1.29 is 24.5 Å². The van der Waals surface area contributed by atoms with Crippen molar-refractivity contribution in [1.29, 1.82) is 0 Å². The first-order chi connectivity index (χ1) is 17.3. The third kappa shape index (κ3) is 7.24. The van der Waals surface area contributed by atoms with Gasteiger partial charge in [-0.1, -0.05) is 41.0 Å². The van der Waals surface area contributed by atoms with Gasteiger partial charge in [0.05, 0.1) is 29.7 Å². The molecule has 1 saturated heterocycles. The first-order valence-corrected chi connectivity index (χ1v) is 14.8. The maximum Gasteiger partial charge on any atom is 0.309 e. The molecule has 37 heavy (non-hydrogen) atoms. The summed E-state index contributed by atoms with van der Waals surface area (Å²) in [5.41, 5.74) is 0.733. The normalized spacial score (nSPS) is 36.0. The van der Waals surface area contributed by atoms with E-state index in [1.165, 1.54) is 0 Å². The van der Waals surface area contributed by atoms with Gasteiger partial charge in [0, 0.05) is 17.0 Å². The zero-order valence-electron chi connectivity index (χ0n) is 23.5. The van der Waals surface area contributed by atoms with Gasteiger partial charge in [0.15, 0.2) is 0 Å². The third-order valence-electron chi connectivity index (χ3n) is 8.93. The van der Waals surface area contributed by atoms with Crippen molar-refractivity contribution in [3.63, 3.8) is 0 Å². The van der Waals surface area contributed by atoms with E-state index < -0.39 is 35.6 Å². The highest BCUT2D eigenvalue weighted by Gasteiger charge is 2.50. The lowest BCUT2D eigenvalue weighted by Gasteiger charge is -2.34. The molecule has 2 aliphatic rings. The Labute approximate surface area is 226 Å². The Kier molecular flexibility index (Phi) is 9.68. The molecular weight excluding hydrogens is 486 g/mol. The van der Waals surface area contributed by atoms with Crippen LogP contribution in [0.3, 0.4) is 0 Å². The average Bonchev–Trinajstić information content (AvgIpc) is 3.50. The fraction of sp³-hybridized carbons (Fsp3) is 0.700. The Morgan fingerprint density at radius 3 is 2.51 bits per heavy atom. The summed E-state index contributed by atoms with van der Waals surface area (Å²) in [7, 11) is 0. The molecule has 1 saturated carbocycles. The van der Waals surface area contributed by atoms with Crippen molar-refractivity contribution in [1.82, 2.24) is 4.98 Å². The molecule has 0 radical (unpaired) electrons. The number of Topliss-reactive ketones (excluding diaryl/α,β-unsaturated/α-hetero) is 1. The van der Waals surface area contributed by atoms with Crippen LogP contribution in [0.15, 0.2) is 28.8 Å². The van der Waals surface area contributed by atoms with Crippen LogP contribution in [-0.4, -0.2) is 51.5 Å². The number of carbonyl (C=O) groups is 2. The topological polar surface area (TPSA) is 96.7 Å². The summed E-state index contributed by atoms with van der Waals surface area (Å²) in [4.78, 5) is 31.9. The Balaban J connectivity index is 1.86. The van der Waals surface area contributed by atoms with Gasteiger partial charge >= 0.3 is 5.97 Å². The van der Waals surface area contributed by atoms with Crippen LogP contribution in [0.5, 0.6) is 0 Å². The van der Waals surface area contributed by atoms with Crippen molar-refractivity contribution in [2.75, 3.05) is 6.26 Å². The lowest BCUT2D eigenvalue weighted by atomic mass is 9.73. The van der Waals surface area contributed by atoms with Crippen LogP contribution in [0.25, 0.3) is 6.08 Å². The minimum Gasteiger partial charge on any atom is -0.458 e. The van der Waals surface area contributed by atoms with Gasteiger partial charge in [-0.2, -0.15) is 0 Å². The Bertz CT molecular complexity index is 990. The Morgan fingerprint density at radius 2 is 1.89 bits per heavy atom. The van der Waals surface area contributed by atoms with Crippen molar-refractivity contribution in [3.8, 4) is 0 Å². The maximum atomic E-state index is 13.3. The number of ketones is 1. The molecule has 206 valence electrons. The number of fused-ring (bicyclic) bond motifs is 1. The van der Waals surface area contributed by atoms with Gasteiger partial charge in [-0.3, -0.25) is 14.6 Å². The van der Waals surface area contributed by atoms with E-state index in [-0.39, 0.29) is 23.5 Å². The highest BCUT2D eigenvalue weighted by molar-refractivity contribution is 7.98. The molecule has 1 aliphatic carbocycles. The first-order valence-electron chi connectivity index (χ1n) is 13.6. The fourth-order valence-electron chi connectivity index (χ4n) is 5.70. The second-order valence-electron chi connectivity index (χ2n) is 12.2. The van der Waals surface area contributed by atoms with Gasteiger partial charge in [-0.25, -0.2) is 0 Å². The molecule has 2 heterocycles. The predicted molar refractivity (Wildman–Crippen MR) is 148 cm³/mol. The van der Waals surface area contributed by atoms with Crippen LogP contribution in [0.4, 0.5) is 0 Å². The third-order valence-corrected chi connectivity index (χ3v) is 9.65. The summed E-state index contributed by atoms with van der Waals surface area (Å²) >= 11 is 1.64. The summed E-state index contributed by atoms with van der Waals surface area (Å²) in [6.07, 6.45) is 7.80. The number of pyridine rings is 1. The molecule has 1 aliphatic heterocycles. The Morgan fingerprint density at radius 1 is 1.19 bits per heavy atom. The maximum absolute atomic E-state index is 13.3. The number of hydrogen-bond donors (Lipinski definition) is 2. The molecule has 0 unspecified atom stereocenters. The highest BCUT2D eigenvalue weighted by Crippen LogP contribution is 2.58.